The molecule has 3 N–H and O–H groups in total. The van der Waals surface area contributed by atoms with E-state index >= 15 is 0 Å². The van der Waals surface area contributed by atoms with E-state index in [9.17, 15) is 21.6 Å². The summed E-state index contributed by atoms with van der Waals surface area (Å²) in [4.78, 5) is 11.4. The van der Waals surface area contributed by atoms with E-state index in [4.69, 9.17) is 0 Å². The first kappa shape index (κ1) is 15.3. The molecule has 0 aromatic rings. The van der Waals surface area contributed by atoms with Gasteiger partial charge in [-0.1, -0.05) is 6.92 Å². The van der Waals surface area contributed by atoms with Crippen molar-refractivity contribution in [1.82, 2.24) is 14.8 Å². The topological polar surface area (TPSA) is 121 Å². The fraction of sp³-hybridized carbons (Fsp3) is 0.875. The summed E-state index contributed by atoms with van der Waals surface area (Å²) in [5.41, 5.74) is 0. The second-order valence-electron chi connectivity index (χ2n) is 3.99. The van der Waals surface area contributed by atoms with Gasteiger partial charge in [0, 0.05) is 12.6 Å². The summed E-state index contributed by atoms with van der Waals surface area (Å²) >= 11 is 0. The van der Waals surface area contributed by atoms with E-state index in [1.165, 1.54) is 0 Å². The number of carbonyl (C=O) groups is 1. The Bertz CT molecular complexity index is 499. The molecule has 1 unspecified atom stereocenters. The van der Waals surface area contributed by atoms with Gasteiger partial charge in [-0.3, -0.25) is 4.79 Å². The summed E-state index contributed by atoms with van der Waals surface area (Å²) in [6.07, 6.45) is 0.369. The molecule has 1 fully saturated rings. The van der Waals surface area contributed by atoms with Crippen molar-refractivity contribution >= 4 is 26.0 Å². The summed E-state index contributed by atoms with van der Waals surface area (Å²) in [5, 5.41) is 2.48. The zero-order valence-electron chi connectivity index (χ0n) is 9.97. The highest BCUT2D eigenvalue weighted by atomic mass is 32.2. The van der Waals surface area contributed by atoms with Crippen LogP contribution in [0.1, 0.15) is 13.3 Å². The van der Waals surface area contributed by atoms with Gasteiger partial charge in [-0.2, -0.15) is 13.1 Å². The molecule has 0 aliphatic carbocycles. The van der Waals surface area contributed by atoms with E-state index < -0.39 is 38.5 Å². The van der Waals surface area contributed by atoms with Crippen molar-refractivity contribution in [2.24, 2.45) is 0 Å². The molecule has 0 spiro atoms. The van der Waals surface area contributed by atoms with Gasteiger partial charge in [-0.05, 0) is 6.42 Å². The van der Waals surface area contributed by atoms with Gasteiger partial charge < -0.3 is 5.32 Å². The van der Waals surface area contributed by atoms with Gasteiger partial charge in [0.15, 0.2) is 9.84 Å². The Morgan fingerprint density at radius 2 is 2.00 bits per heavy atom. The van der Waals surface area contributed by atoms with Crippen molar-refractivity contribution in [3.63, 3.8) is 0 Å². The Morgan fingerprint density at radius 1 is 1.33 bits per heavy atom. The number of hydrogen-bond acceptors (Lipinski definition) is 5. The molecule has 8 nitrogen and oxygen atoms in total. The zero-order chi connectivity index (χ0) is 13.8. The minimum atomic E-state index is -3.66. The number of rotatable bonds is 6. The van der Waals surface area contributed by atoms with Gasteiger partial charge in [0.1, 0.15) is 0 Å². The van der Waals surface area contributed by atoms with E-state index in [1.54, 1.807) is 6.92 Å². The molecule has 0 aromatic heterocycles. The summed E-state index contributed by atoms with van der Waals surface area (Å²) in [6, 6.07) is -0.425. The maximum atomic E-state index is 11.4. The standard InChI is InChI=1S/C8H17N3O5S2/c1-2-9-18(15,16)10-5-8(12)11-7-3-4-17(13,14)6-7/h7,9-10H,2-6H2,1H3,(H,11,12). The van der Waals surface area contributed by atoms with Crippen LogP contribution in [0.25, 0.3) is 0 Å². The molecule has 0 aromatic carbocycles. The molecule has 1 atom stereocenters. The van der Waals surface area contributed by atoms with E-state index in [0.717, 1.165) is 0 Å². The largest absolute Gasteiger partial charge is 0.351 e. The highest BCUT2D eigenvalue weighted by Crippen LogP contribution is 2.10. The average molecular weight is 299 g/mol. The lowest BCUT2D eigenvalue weighted by molar-refractivity contribution is -0.120. The molecule has 18 heavy (non-hydrogen) atoms. The van der Waals surface area contributed by atoms with Crippen LogP contribution in [0.15, 0.2) is 0 Å². The molecule has 1 amide bonds. The molecule has 1 rings (SSSR count). The number of sulfone groups is 1. The summed E-state index contributed by atoms with van der Waals surface area (Å²) in [5.74, 6) is -0.571. The predicted molar refractivity (Wildman–Crippen MR) is 65.8 cm³/mol. The second kappa shape index (κ2) is 5.95. The third-order valence-corrected chi connectivity index (χ3v) is 5.32. The highest BCUT2D eigenvalue weighted by molar-refractivity contribution is 7.91. The molecule has 0 saturated carbocycles. The Hall–Kier alpha value is -0.710. The van der Waals surface area contributed by atoms with E-state index in [1.807, 2.05) is 0 Å². The molecule has 1 heterocycles. The lowest BCUT2D eigenvalue weighted by Crippen LogP contribution is -2.45. The SMILES string of the molecule is CCNS(=O)(=O)NCC(=O)NC1CCS(=O)(=O)C1. The van der Waals surface area contributed by atoms with Gasteiger partial charge in [0.2, 0.25) is 5.91 Å². The van der Waals surface area contributed by atoms with Gasteiger partial charge in [-0.25, -0.2) is 13.1 Å². The molecular formula is C8H17N3O5S2. The van der Waals surface area contributed by atoms with E-state index in [-0.39, 0.29) is 18.1 Å². The van der Waals surface area contributed by atoms with Crippen LogP contribution < -0.4 is 14.8 Å². The molecule has 10 heteroatoms. The van der Waals surface area contributed by atoms with Gasteiger partial charge >= 0.3 is 0 Å². The Balaban J connectivity index is 2.35. The van der Waals surface area contributed by atoms with Crippen molar-refractivity contribution < 1.29 is 21.6 Å². The smallest absolute Gasteiger partial charge is 0.277 e. The highest BCUT2D eigenvalue weighted by Gasteiger charge is 2.28. The molecule has 106 valence electrons. The number of nitrogens with one attached hydrogen (secondary N) is 3. The zero-order valence-corrected chi connectivity index (χ0v) is 11.6. The van der Waals surface area contributed by atoms with Crippen LogP contribution in [-0.2, 0) is 24.8 Å². The van der Waals surface area contributed by atoms with Crippen LogP contribution in [0.3, 0.4) is 0 Å². The first-order chi connectivity index (χ1) is 8.24. The number of carbonyl (C=O) groups excluding carboxylic acids is 1. The molecule has 0 radical (unpaired) electrons. The van der Waals surface area contributed by atoms with Gasteiger partial charge in [0.05, 0.1) is 18.1 Å². The van der Waals surface area contributed by atoms with Crippen molar-refractivity contribution in [2.75, 3.05) is 24.6 Å². The van der Waals surface area contributed by atoms with E-state index in [2.05, 4.69) is 14.8 Å². The normalized spacial score (nSPS) is 22.8. The quantitative estimate of drug-likeness (QED) is 0.511. The predicted octanol–water partition coefficient (Wildman–Crippen LogP) is -2.27. The molecule has 1 aliphatic heterocycles. The first-order valence-corrected chi connectivity index (χ1v) is 8.78. The monoisotopic (exact) mass is 299 g/mol. The maximum Gasteiger partial charge on any atom is 0.277 e. The minimum absolute atomic E-state index is 0.0566. The Morgan fingerprint density at radius 3 is 2.50 bits per heavy atom. The van der Waals surface area contributed by atoms with Crippen LogP contribution >= 0.6 is 0 Å². The molecule has 1 aliphatic rings. The fourth-order valence-electron chi connectivity index (χ4n) is 1.59. The third-order valence-electron chi connectivity index (χ3n) is 2.35. The van der Waals surface area contributed by atoms with Crippen molar-refractivity contribution in [3.8, 4) is 0 Å². The van der Waals surface area contributed by atoms with Crippen LogP contribution in [-0.4, -0.2) is 53.4 Å². The molecule has 0 bridgehead atoms. The lowest BCUT2D eigenvalue weighted by atomic mass is 10.2. The van der Waals surface area contributed by atoms with Crippen LogP contribution in [0.4, 0.5) is 0 Å². The summed E-state index contributed by atoms with van der Waals surface area (Å²) in [7, 11) is -6.72. The third kappa shape index (κ3) is 5.29. The summed E-state index contributed by atoms with van der Waals surface area (Å²) < 4.78 is 48.9. The van der Waals surface area contributed by atoms with Crippen LogP contribution in [0.5, 0.6) is 0 Å². The average Bonchev–Trinajstić information content (AvgIpc) is 2.55. The fourth-order valence-corrected chi connectivity index (χ4v) is 4.07. The van der Waals surface area contributed by atoms with Crippen molar-refractivity contribution in [1.29, 1.82) is 0 Å². The summed E-state index contributed by atoms with van der Waals surface area (Å²) in [6.45, 7) is 1.42. The number of amides is 1. The van der Waals surface area contributed by atoms with Crippen LogP contribution in [0.2, 0.25) is 0 Å². The molecule has 1 saturated heterocycles. The number of hydrogen-bond donors (Lipinski definition) is 3. The van der Waals surface area contributed by atoms with Gasteiger partial charge in [0.25, 0.3) is 10.2 Å². The second-order valence-corrected chi connectivity index (χ2v) is 7.80. The lowest BCUT2D eigenvalue weighted by Gasteiger charge is -2.11. The first-order valence-electron chi connectivity index (χ1n) is 5.48. The molecular weight excluding hydrogens is 282 g/mol. The van der Waals surface area contributed by atoms with Crippen molar-refractivity contribution in [3.05, 3.63) is 0 Å². The Labute approximate surface area is 107 Å². The van der Waals surface area contributed by atoms with Crippen molar-refractivity contribution in [2.45, 2.75) is 19.4 Å². The minimum Gasteiger partial charge on any atom is -0.351 e. The van der Waals surface area contributed by atoms with Crippen LogP contribution in [0, 0.1) is 0 Å². The maximum absolute atomic E-state index is 11.4. The Kier molecular flexibility index (Phi) is 5.08. The van der Waals surface area contributed by atoms with E-state index in [0.29, 0.717) is 6.42 Å². The van der Waals surface area contributed by atoms with Gasteiger partial charge in [-0.15, -0.1) is 0 Å².